The number of nitrogens with zero attached hydrogens (tertiary/aromatic N) is 3. The fourth-order valence-electron chi connectivity index (χ4n) is 4.38. The number of morpholine rings is 1. The van der Waals surface area contributed by atoms with E-state index in [0.717, 1.165) is 37.9 Å². The molecule has 1 aromatic heterocycles. The fraction of sp³-hybridized carbons (Fsp3) is 0.480. The third-order valence-corrected chi connectivity index (χ3v) is 6.94. The van der Waals surface area contributed by atoms with Crippen LogP contribution in [0.3, 0.4) is 0 Å². The Hall–Kier alpha value is -2.35. The Kier molecular flexibility index (Phi) is 7.96. The molecule has 0 unspecified atom stereocenters. The van der Waals surface area contributed by atoms with Crippen LogP contribution < -0.4 is 4.74 Å². The number of pyridine rings is 1. The van der Waals surface area contributed by atoms with Gasteiger partial charge in [0.15, 0.2) is 0 Å². The number of carbonyl (C=O) groups excluding carboxylic acids is 2. The van der Waals surface area contributed by atoms with E-state index in [1.807, 2.05) is 17.9 Å². The summed E-state index contributed by atoms with van der Waals surface area (Å²) in [7, 11) is 0. The van der Waals surface area contributed by atoms with Crippen LogP contribution >= 0.6 is 23.2 Å². The van der Waals surface area contributed by atoms with Crippen LogP contribution in [-0.4, -0.2) is 71.6 Å². The van der Waals surface area contributed by atoms with Crippen LogP contribution in [0.4, 0.5) is 0 Å². The molecule has 182 valence electrons. The Balaban J connectivity index is 1.53. The van der Waals surface area contributed by atoms with Gasteiger partial charge in [-0.2, -0.15) is 0 Å². The smallest absolute Gasteiger partial charge is 0.272 e. The minimum atomic E-state index is -0.970. The van der Waals surface area contributed by atoms with Gasteiger partial charge in [0.1, 0.15) is 23.7 Å². The lowest BCUT2D eigenvalue weighted by molar-refractivity contribution is -0.153. The first-order valence-corrected chi connectivity index (χ1v) is 12.3. The normalized spacial score (nSPS) is 20.8. The summed E-state index contributed by atoms with van der Waals surface area (Å²) in [5.74, 6) is 0.435. The van der Waals surface area contributed by atoms with Gasteiger partial charge in [-0.3, -0.25) is 9.59 Å². The number of hydrogen-bond donors (Lipinski definition) is 0. The number of rotatable bonds is 6. The summed E-state index contributed by atoms with van der Waals surface area (Å²) in [5, 5.41) is 1.12. The van der Waals surface area contributed by atoms with E-state index in [4.69, 9.17) is 32.7 Å². The van der Waals surface area contributed by atoms with Crippen molar-refractivity contribution in [3.8, 4) is 5.75 Å². The molecule has 2 aliphatic rings. The molecule has 0 bridgehead atoms. The molecule has 2 aliphatic heterocycles. The predicted octanol–water partition coefficient (Wildman–Crippen LogP) is 4.39. The van der Waals surface area contributed by atoms with Crippen molar-refractivity contribution in [2.45, 2.75) is 38.2 Å². The number of carbonyl (C=O) groups is 2. The first kappa shape index (κ1) is 24.8. The van der Waals surface area contributed by atoms with Gasteiger partial charge in [-0.05, 0) is 62.1 Å². The van der Waals surface area contributed by atoms with E-state index < -0.39 is 5.60 Å². The van der Waals surface area contributed by atoms with E-state index in [0.29, 0.717) is 34.6 Å². The Morgan fingerprint density at radius 2 is 1.88 bits per heavy atom. The highest BCUT2D eigenvalue weighted by Gasteiger charge is 2.42. The van der Waals surface area contributed by atoms with Gasteiger partial charge in [0.2, 0.25) is 5.91 Å². The minimum Gasteiger partial charge on any atom is -0.490 e. The lowest BCUT2D eigenvalue weighted by Crippen LogP contribution is -2.58. The summed E-state index contributed by atoms with van der Waals surface area (Å²) in [4.78, 5) is 34.1. The molecule has 2 fully saturated rings. The van der Waals surface area contributed by atoms with Crippen molar-refractivity contribution in [1.82, 2.24) is 14.8 Å². The van der Waals surface area contributed by atoms with Crippen LogP contribution in [0.25, 0.3) is 0 Å². The zero-order valence-electron chi connectivity index (χ0n) is 19.3. The second kappa shape index (κ2) is 10.9. The molecule has 0 aliphatic carbocycles. The van der Waals surface area contributed by atoms with Crippen molar-refractivity contribution in [3.05, 3.63) is 57.8 Å². The Labute approximate surface area is 209 Å². The first-order chi connectivity index (χ1) is 16.3. The third kappa shape index (κ3) is 6.01. The zero-order chi connectivity index (χ0) is 24.1. The highest BCUT2D eigenvalue weighted by atomic mass is 35.5. The lowest BCUT2D eigenvalue weighted by Gasteiger charge is -2.43. The van der Waals surface area contributed by atoms with Crippen LogP contribution in [0.5, 0.6) is 5.75 Å². The van der Waals surface area contributed by atoms with Gasteiger partial charge in [-0.15, -0.1) is 0 Å². The van der Waals surface area contributed by atoms with Crippen molar-refractivity contribution in [1.29, 1.82) is 0 Å². The van der Waals surface area contributed by atoms with Crippen LogP contribution in [0.2, 0.25) is 10.0 Å². The molecule has 0 N–H and O–H groups in total. The highest BCUT2D eigenvalue weighted by Crippen LogP contribution is 2.28. The number of aryl methyl sites for hydroxylation is 1. The van der Waals surface area contributed by atoms with Gasteiger partial charge in [-0.25, -0.2) is 4.98 Å². The molecule has 7 nitrogen and oxygen atoms in total. The maximum atomic E-state index is 13.2. The van der Waals surface area contributed by atoms with Crippen molar-refractivity contribution < 1.29 is 19.1 Å². The maximum absolute atomic E-state index is 13.2. The highest BCUT2D eigenvalue weighted by molar-refractivity contribution is 6.31. The molecule has 2 amide bonds. The van der Waals surface area contributed by atoms with E-state index in [2.05, 4.69) is 4.98 Å². The molecule has 1 atom stereocenters. The topological polar surface area (TPSA) is 72.0 Å². The lowest BCUT2D eigenvalue weighted by atomic mass is 9.96. The quantitative estimate of drug-likeness (QED) is 0.581. The molecule has 0 spiro atoms. The number of benzene rings is 1. The monoisotopic (exact) mass is 505 g/mol. The van der Waals surface area contributed by atoms with Crippen LogP contribution in [0.15, 0.2) is 36.5 Å². The summed E-state index contributed by atoms with van der Waals surface area (Å²) in [6.45, 7) is 4.47. The summed E-state index contributed by atoms with van der Waals surface area (Å²) < 4.78 is 12.3. The molecule has 34 heavy (non-hydrogen) atoms. The first-order valence-electron chi connectivity index (χ1n) is 11.6. The molecule has 4 rings (SSSR count). The molecule has 9 heteroatoms. The summed E-state index contributed by atoms with van der Waals surface area (Å²) in [5.41, 5.74) is 0.229. The van der Waals surface area contributed by atoms with Crippen molar-refractivity contribution in [2.75, 3.05) is 39.4 Å². The number of piperidine rings is 1. The molecule has 2 aromatic rings. The second-order valence-corrected chi connectivity index (χ2v) is 9.78. The average Bonchev–Trinajstić information content (AvgIpc) is 2.85. The standard InChI is InChI=1S/C25H29Cl2N3O4/c1-18-13-20(6-7-21(18)27)33-17-25(14-23(31)29-9-3-2-4-10-29)16-30(11-12-34-25)24(32)22-8-5-19(26)15-28-22/h5-8,13,15H,2-4,9-12,14,16-17H2,1H3/t25-/m1/s1. The van der Waals surface area contributed by atoms with Gasteiger partial charge in [0, 0.05) is 30.9 Å². The van der Waals surface area contributed by atoms with Crippen molar-refractivity contribution in [2.24, 2.45) is 0 Å². The minimum absolute atomic E-state index is 0.0227. The average molecular weight is 506 g/mol. The Bertz CT molecular complexity index is 1030. The van der Waals surface area contributed by atoms with E-state index in [-0.39, 0.29) is 31.4 Å². The van der Waals surface area contributed by atoms with Gasteiger partial charge in [-0.1, -0.05) is 23.2 Å². The molecule has 1 aromatic carbocycles. The summed E-state index contributed by atoms with van der Waals surface area (Å²) >= 11 is 12.1. The number of halogens is 2. The summed E-state index contributed by atoms with van der Waals surface area (Å²) in [6.07, 6.45) is 4.74. The molecule has 3 heterocycles. The zero-order valence-corrected chi connectivity index (χ0v) is 20.8. The Morgan fingerprint density at radius 3 is 2.59 bits per heavy atom. The van der Waals surface area contributed by atoms with E-state index in [1.165, 1.54) is 6.20 Å². The van der Waals surface area contributed by atoms with E-state index >= 15 is 0 Å². The molecule has 0 radical (unpaired) electrons. The SMILES string of the molecule is Cc1cc(OC[C@@]2(CC(=O)N3CCCCC3)CN(C(=O)c3ccc(Cl)cn3)CCO2)ccc1Cl. The van der Waals surface area contributed by atoms with Crippen LogP contribution in [0, 0.1) is 6.92 Å². The van der Waals surface area contributed by atoms with Gasteiger partial charge >= 0.3 is 0 Å². The van der Waals surface area contributed by atoms with Crippen LogP contribution in [0.1, 0.15) is 41.7 Å². The molecular weight excluding hydrogens is 477 g/mol. The van der Waals surface area contributed by atoms with E-state index in [9.17, 15) is 9.59 Å². The number of hydrogen-bond acceptors (Lipinski definition) is 5. The van der Waals surface area contributed by atoms with Crippen molar-refractivity contribution >= 4 is 35.0 Å². The van der Waals surface area contributed by atoms with E-state index in [1.54, 1.807) is 29.2 Å². The number of likely N-dealkylation sites (tertiary alicyclic amines) is 1. The van der Waals surface area contributed by atoms with Gasteiger partial charge < -0.3 is 19.3 Å². The fourth-order valence-corrected chi connectivity index (χ4v) is 4.61. The maximum Gasteiger partial charge on any atom is 0.272 e. The number of aromatic nitrogens is 1. The van der Waals surface area contributed by atoms with Crippen LogP contribution in [-0.2, 0) is 9.53 Å². The number of ether oxygens (including phenoxy) is 2. The molecular formula is C25H29Cl2N3O4. The third-order valence-electron chi connectivity index (χ3n) is 6.30. The summed E-state index contributed by atoms with van der Waals surface area (Å²) in [6, 6.07) is 8.67. The second-order valence-electron chi connectivity index (χ2n) is 8.94. The van der Waals surface area contributed by atoms with Gasteiger partial charge in [0.05, 0.1) is 24.6 Å². The Morgan fingerprint density at radius 1 is 1.09 bits per heavy atom. The molecule has 0 saturated carbocycles. The van der Waals surface area contributed by atoms with Crippen molar-refractivity contribution in [3.63, 3.8) is 0 Å². The van der Waals surface area contributed by atoms with Gasteiger partial charge in [0.25, 0.3) is 5.91 Å². The molecule has 2 saturated heterocycles. The number of amides is 2. The predicted molar refractivity (Wildman–Crippen MR) is 131 cm³/mol. The largest absolute Gasteiger partial charge is 0.490 e.